The van der Waals surface area contributed by atoms with Crippen LogP contribution in [0.15, 0.2) is 36.7 Å². The van der Waals surface area contributed by atoms with Crippen LogP contribution in [0.3, 0.4) is 0 Å². The Morgan fingerprint density at radius 3 is 3.00 bits per heavy atom. The Hall–Kier alpha value is -2.88. The molecule has 0 spiro atoms. The van der Waals surface area contributed by atoms with Gasteiger partial charge in [0.1, 0.15) is 11.6 Å². The van der Waals surface area contributed by atoms with Crippen molar-refractivity contribution >= 4 is 11.4 Å². The summed E-state index contributed by atoms with van der Waals surface area (Å²) in [5, 5.41) is 27.0. The van der Waals surface area contributed by atoms with Crippen LogP contribution in [0.1, 0.15) is 12.5 Å². The number of benzene rings is 1. The zero-order valence-corrected chi connectivity index (χ0v) is 10.9. The third-order valence-electron chi connectivity index (χ3n) is 2.75. The van der Waals surface area contributed by atoms with Gasteiger partial charge < -0.3 is 5.32 Å². The first-order valence-corrected chi connectivity index (χ1v) is 6.02. The largest absolute Gasteiger partial charge is 0.381 e. The van der Waals surface area contributed by atoms with Crippen molar-refractivity contribution in [2.24, 2.45) is 0 Å². The van der Waals surface area contributed by atoms with E-state index in [1.165, 1.54) is 12.1 Å². The van der Waals surface area contributed by atoms with Crippen LogP contribution in [0.5, 0.6) is 0 Å². The smallest absolute Gasteiger partial charge is 0.287 e. The molecular weight excluding hydrogens is 258 g/mol. The summed E-state index contributed by atoms with van der Waals surface area (Å²) in [6, 6.07) is 8.16. The van der Waals surface area contributed by atoms with E-state index in [0.29, 0.717) is 12.2 Å². The van der Waals surface area contributed by atoms with E-state index in [0.717, 1.165) is 0 Å². The number of nitriles is 1. The van der Waals surface area contributed by atoms with E-state index in [2.05, 4.69) is 10.4 Å². The number of hydrogen-bond acceptors (Lipinski definition) is 5. The number of hydrogen-bond donors (Lipinski definition) is 1. The average Bonchev–Trinajstić information content (AvgIpc) is 2.90. The minimum Gasteiger partial charge on any atom is -0.381 e. The molecule has 2 aromatic rings. The SMILES string of the molecule is CC(Cn1cccn1)Nc1ccc([N+](=O)[O-])c(C#N)c1. The van der Waals surface area contributed by atoms with Crippen molar-refractivity contribution in [2.75, 3.05) is 5.32 Å². The Morgan fingerprint density at radius 1 is 1.60 bits per heavy atom. The maximum atomic E-state index is 10.7. The lowest BCUT2D eigenvalue weighted by Gasteiger charge is -2.15. The van der Waals surface area contributed by atoms with Gasteiger partial charge in [-0.3, -0.25) is 14.8 Å². The van der Waals surface area contributed by atoms with Crippen LogP contribution in [0.2, 0.25) is 0 Å². The molecule has 0 aliphatic heterocycles. The van der Waals surface area contributed by atoms with Gasteiger partial charge in [-0.25, -0.2) is 0 Å². The first kappa shape index (κ1) is 13.5. The van der Waals surface area contributed by atoms with Crippen LogP contribution >= 0.6 is 0 Å². The maximum Gasteiger partial charge on any atom is 0.287 e. The van der Waals surface area contributed by atoms with Gasteiger partial charge in [-0.15, -0.1) is 0 Å². The first-order valence-electron chi connectivity index (χ1n) is 6.02. The number of nitro groups is 1. The molecule has 0 fully saturated rings. The van der Waals surface area contributed by atoms with Crippen LogP contribution in [0.4, 0.5) is 11.4 Å². The molecule has 1 N–H and O–H groups in total. The zero-order chi connectivity index (χ0) is 14.5. The van der Waals surface area contributed by atoms with Crippen molar-refractivity contribution in [1.29, 1.82) is 5.26 Å². The summed E-state index contributed by atoms with van der Waals surface area (Å²) in [6.07, 6.45) is 3.56. The summed E-state index contributed by atoms with van der Waals surface area (Å²) >= 11 is 0. The van der Waals surface area contributed by atoms with Crippen molar-refractivity contribution in [2.45, 2.75) is 19.5 Å². The van der Waals surface area contributed by atoms with Crippen LogP contribution in [0, 0.1) is 21.4 Å². The molecule has 1 aromatic carbocycles. The summed E-state index contributed by atoms with van der Waals surface area (Å²) in [5.41, 5.74) is 0.538. The third-order valence-corrected chi connectivity index (χ3v) is 2.75. The maximum absolute atomic E-state index is 10.7. The van der Waals surface area contributed by atoms with Gasteiger partial charge in [-0.05, 0) is 25.1 Å². The molecular formula is C13H13N5O2. The molecule has 2 rings (SSSR count). The van der Waals surface area contributed by atoms with Crippen molar-refractivity contribution in [1.82, 2.24) is 9.78 Å². The summed E-state index contributed by atoms with van der Waals surface area (Å²) in [7, 11) is 0. The zero-order valence-electron chi connectivity index (χ0n) is 10.9. The quantitative estimate of drug-likeness (QED) is 0.664. The fourth-order valence-electron chi connectivity index (χ4n) is 1.89. The lowest BCUT2D eigenvalue weighted by atomic mass is 10.1. The fraction of sp³-hybridized carbons (Fsp3) is 0.231. The summed E-state index contributed by atoms with van der Waals surface area (Å²) in [5.74, 6) is 0. The van der Waals surface area contributed by atoms with Crippen LogP contribution in [-0.4, -0.2) is 20.7 Å². The van der Waals surface area contributed by atoms with Crippen molar-refractivity contribution in [3.05, 3.63) is 52.3 Å². The molecule has 1 aromatic heterocycles. The number of aromatic nitrogens is 2. The molecule has 7 nitrogen and oxygen atoms in total. The highest BCUT2D eigenvalue weighted by Crippen LogP contribution is 2.22. The molecule has 0 saturated heterocycles. The molecule has 1 atom stereocenters. The Bertz CT molecular complexity index is 645. The van der Waals surface area contributed by atoms with E-state index < -0.39 is 4.92 Å². The third kappa shape index (κ3) is 3.11. The van der Waals surface area contributed by atoms with Gasteiger partial charge in [0.2, 0.25) is 0 Å². The Labute approximate surface area is 115 Å². The van der Waals surface area contributed by atoms with Gasteiger partial charge in [0.05, 0.1) is 11.5 Å². The second kappa shape index (κ2) is 5.84. The molecule has 20 heavy (non-hydrogen) atoms. The molecule has 0 aliphatic carbocycles. The predicted octanol–water partition coefficient (Wildman–Crippen LogP) is 2.16. The summed E-state index contributed by atoms with van der Waals surface area (Å²) < 4.78 is 1.79. The lowest BCUT2D eigenvalue weighted by molar-refractivity contribution is -0.385. The number of anilines is 1. The number of rotatable bonds is 5. The van der Waals surface area contributed by atoms with Gasteiger partial charge in [0, 0.05) is 30.2 Å². The van der Waals surface area contributed by atoms with Gasteiger partial charge in [0.15, 0.2) is 0 Å². The normalized spacial score (nSPS) is 11.6. The number of nitrogens with zero attached hydrogens (tertiary/aromatic N) is 4. The predicted molar refractivity (Wildman–Crippen MR) is 73.1 cm³/mol. The molecule has 0 radical (unpaired) electrons. The van der Waals surface area contributed by atoms with E-state index in [1.807, 2.05) is 25.3 Å². The summed E-state index contributed by atoms with van der Waals surface area (Å²) in [4.78, 5) is 10.2. The minimum absolute atomic E-state index is 0.0475. The van der Waals surface area contributed by atoms with Gasteiger partial charge in [-0.2, -0.15) is 10.4 Å². The molecule has 0 bridgehead atoms. The van der Waals surface area contributed by atoms with Crippen LogP contribution < -0.4 is 5.32 Å². The van der Waals surface area contributed by atoms with Crippen LogP contribution in [0.25, 0.3) is 0 Å². The Morgan fingerprint density at radius 2 is 2.40 bits per heavy atom. The van der Waals surface area contributed by atoms with E-state index in [-0.39, 0.29) is 17.3 Å². The first-order chi connectivity index (χ1) is 9.60. The number of nitrogens with one attached hydrogen (secondary N) is 1. The van der Waals surface area contributed by atoms with E-state index >= 15 is 0 Å². The van der Waals surface area contributed by atoms with Crippen molar-refractivity contribution in [3.63, 3.8) is 0 Å². The highest BCUT2D eigenvalue weighted by atomic mass is 16.6. The molecule has 1 heterocycles. The molecule has 7 heteroatoms. The highest BCUT2D eigenvalue weighted by molar-refractivity contribution is 5.58. The molecule has 0 saturated carbocycles. The molecule has 102 valence electrons. The van der Waals surface area contributed by atoms with E-state index in [4.69, 9.17) is 5.26 Å². The fourth-order valence-corrected chi connectivity index (χ4v) is 1.89. The second-order valence-electron chi connectivity index (χ2n) is 4.37. The monoisotopic (exact) mass is 271 g/mol. The summed E-state index contributed by atoms with van der Waals surface area (Å²) in [6.45, 7) is 2.63. The van der Waals surface area contributed by atoms with Crippen molar-refractivity contribution in [3.8, 4) is 6.07 Å². The standard InChI is InChI=1S/C13H13N5O2/c1-10(9-17-6-2-5-15-17)16-12-3-4-13(18(19)20)11(7-12)8-14/h2-7,10,16H,9H2,1H3. The number of nitro benzene ring substituents is 1. The van der Waals surface area contributed by atoms with Gasteiger partial charge in [0.25, 0.3) is 5.69 Å². The molecule has 0 amide bonds. The Kier molecular flexibility index (Phi) is 3.96. The van der Waals surface area contributed by atoms with Crippen molar-refractivity contribution < 1.29 is 4.92 Å². The second-order valence-corrected chi connectivity index (χ2v) is 4.37. The van der Waals surface area contributed by atoms with Crippen LogP contribution in [-0.2, 0) is 6.54 Å². The Balaban J connectivity index is 2.10. The topological polar surface area (TPSA) is 96.8 Å². The lowest BCUT2D eigenvalue weighted by Crippen LogP contribution is -2.22. The molecule has 0 aliphatic rings. The van der Waals surface area contributed by atoms with E-state index in [1.54, 1.807) is 16.9 Å². The average molecular weight is 271 g/mol. The highest BCUT2D eigenvalue weighted by Gasteiger charge is 2.14. The molecule has 1 unspecified atom stereocenters. The van der Waals surface area contributed by atoms with Gasteiger partial charge in [-0.1, -0.05) is 0 Å². The van der Waals surface area contributed by atoms with E-state index in [9.17, 15) is 10.1 Å². The minimum atomic E-state index is -0.560. The van der Waals surface area contributed by atoms with Gasteiger partial charge >= 0.3 is 0 Å².